The molecule has 7 atom stereocenters. The number of carbonyl (C=O) groups excluding carboxylic acids is 2. The van der Waals surface area contributed by atoms with E-state index in [0.29, 0.717) is 31.3 Å². The van der Waals surface area contributed by atoms with Crippen LogP contribution in [-0.4, -0.2) is 64.7 Å². The maximum Gasteiger partial charge on any atom is 0.334 e. The summed E-state index contributed by atoms with van der Waals surface area (Å²) in [4.78, 5) is 24.5. The standard InChI is InChI=1S/C35H60O7/c1-3-4-5-6-7-8-9-10-11-12-19-31(37)33-21-22-34(42-33)32(38)20-14-13-16-28(36)25-30-18-15-17-29(41-30)24-27-23-26(2)40-35(27)39/h23,26,29-34,37-38H,3-22,24-25H2,1-2H3/t26-,29-,30+,31-,32+,33-,34+/m0/s1. The van der Waals surface area contributed by atoms with Crippen molar-refractivity contribution in [3.63, 3.8) is 0 Å². The molecule has 0 aromatic heterocycles. The number of carbonyl (C=O) groups is 2. The second kappa shape index (κ2) is 19.9. The number of rotatable bonds is 22. The summed E-state index contributed by atoms with van der Waals surface area (Å²) in [5.41, 5.74) is 0.694. The van der Waals surface area contributed by atoms with Crippen LogP contribution >= 0.6 is 0 Å². The van der Waals surface area contributed by atoms with E-state index in [1.807, 2.05) is 13.0 Å². The van der Waals surface area contributed by atoms with Gasteiger partial charge in [0.25, 0.3) is 0 Å². The highest BCUT2D eigenvalue weighted by atomic mass is 16.5. The Morgan fingerprint density at radius 3 is 1.98 bits per heavy atom. The zero-order chi connectivity index (χ0) is 30.2. The fraction of sp³-hybridized carbons (Fsp3) is 0.886. The van der Waals surface area contributed by atoms with Gasteiger partial charge in [0.15, 0.2) is 0 Å². The lowest BCUT2D eigenvalue weighted by Gasteiger charge is -2.30. The van der Waals surface area contributed by atoms with Crippen molar-refractivity contribution in [2.24, 2.45) is 0 Å². The molecule has 0 bridgehead atoms. The first kappa shape index (κ1) is 35.2. The molecular weight excluding hydrogens is 532 g/mol. The minimum atomic E-state index is -0.545. The van der Waals surface area contributed by atoms with E-state index < -0.39 is 12.2 Å². The monoisotopic (exact) mass is 592 g/mol. The van der Waals surface area contributed by atoms with Gasteiger partial charge in [-0.3, -0.25) is 4.79 Å². The van der Waals surface area contributed by atoms with Crippen molar-refractivity contribution in [1.82, 2.24) is 0 Å². The maximum absolute atomic E-state index is 12.6. The van der Waals surface area contributed by atoms with Crippen molar-refractivity contribution >= 4 is 11.8 Å². The SMILES string of the molecule is CCCCCCCCCCCC[C@H](O)[C@@H]1CC[C@H]([C@H](O)CCCCC(=O)C[C@H]2CCC[C@@H](CC3=C[C@H](C)OC3=O)O2)O1. The summed E-state index contributed by atoms with van der Waals surface area (Å²) in [7, 11) is 0. The van der Waals surface area contributed by atoms with Gasteiger partial charge in [-0.15, -0.1) is 0 Å². The van der Waals surface area contributed by atoms with Crippen LogP contribution in [0.5, 0.6) is 0 Å². The molecule has 2 N–H and O–H groups in total. The number of ketones is 1. The minimum absolute atomic E-state index is 0.0283. The molecule has 0 aromatic carbocycles. The third-order valence-electron chi connectivity index (χ3n) is 9.33. The van der Waals surface area contributed by atoms with E-state index in [2.05, 4.69) is 6.92 Å². The van der Waals surface area contributed by atoms with Crippen LogP contribution in [0, 0.1) is 0 Å². The first-order valence-corrected chi connectivity index (χ1v) is 17.5. The molecule has 0 aliphatic carbocycles. The smallest absolute Gasteiger partial charge is 0.334 e. The van der Waals surface area contributed by atoms with Crippen molar-refractivity contribution in [1.29, 1.82) is 0 Å². The molecule has 42 heavy (non-hydrogen) atoms. The molecular formula is C35H60O7. The molecule has 3 rings (SSSR count). The molecule has 242 valence electrons. The zero-order valence-corrected chi connectivity index (χ0v) is 26.6. The van der Waals surface area contributed by atoms with Crippen molar-refractivity contribution in [2.75, 3.05) is 0 Å². The van der Waals surface area contributed by atoms with E-state index in [-0.39, 0.29) is 42.3 Å². The average molecular weight is 593 g/mol. The Morgan fingerprint density at radius 2 is 1.38 bits per heavy atom. The maximum atomic E-state index is 12.6. The summed E-state index contributed by atoms with van der Waals surface area (Å²) in [6.45, 7) is 4.11. The normalized spacial score (nSPS) is 27.6. The van der Waals surface area contributed by atoms with E-state index in [0.717, 1.165) is 57.8 Å². The summed E-state index contributed by atoms with van der Waals surface area (Å²) >= 11 is 0. The summed E-state index contributed by atoms with van der Waals surface area (Å²) < 4.78 is 17.4. The lowest BCUT2D eigenvalue weighted by atomic mass is 9.95. The van der Waals surface area contributed by atoms with Gasteiger partial charge >= 0.3 is 5.97 Å². The van der Waals surface area contributed by atoms with E-state index in [1.165, 1.54) is 57.8 Å². The first-order valence-electron chi connectivity index (χ1n) is 17.5. The molecule has 3 aliphatic heterocycles. The summed E-state index contributed by atoms with van der Waals surface area (Å²) in [6.07, 6.45) is 21.9. The minimum Gasteiger partial charge on any atom is -0.455 e. The molecule has 2 fully saturated rings. The second-order valence-corrected chi connectivity index (χ2v) is 13.2. The van der Waals surface area contributed by atoms with Crippen LogP contribution in [0.4, 0.5) is 0 Å². The highest BCUT2D eigenvalue weighted by molar-refractivity contribution is 5.90. The Morgan fingerprint density at radius 1 is 0.810 bits per heavy atom. The van der Waals surface area contributed by atoms with Crippen LogP contribution in [0.25, 0.3) is 0 Å². The molecule has 0 aromatic rings. The fourth-order valence-corrected chi connectivity index (χ4v) is 6.81. The van der Waals surface area contributed by atoms with E-state index in [4.69, 9.17) is 14.2 Å². The van der Waals surface area contributed by atoms with Gasteiger partial charge in [-0.1, -0.05) is 77.6 Å². The third-order valence-corrected chi connectivity index (χ3v) is 9.33. The topological polar surface area (TPSA) is 102 Å². The van der Waals surface area contributed by atoms with Crippen LogP contribution in [-0.2, 0) is 23.8 Å². The van der Waals surface area contributed by atoms with Gasteiger partial charge in [0.1, 0.15) is 11.9 Å². The van der Waals surface area contributed by atoms with Crippen LogP contribution in [0.3, 0.4) is 0 Å². The lowest BCUT2D eigenvalue weighted by Crippen LogP contribution is -2.31. The highest BCUT2D eigenvalue weighted by Crippen LogP contribution is 2.30. The number of esters is 1. The van der Waals surface area contributed by atoms with Gasteiger partial charge < -0.3 is 24.4 Å². The summed E-state index contributed by atoms with van der Waals surface area (Å²) in [5.74, 6) is -0.0407. The van der Waals surface area contributed by atoms with Gasteiger partial charge in [-0.05, 0) is 64.4 Å². The van der Waals surface area contributed by atoms with Crippen LogP contribution < -0.4 is 0 Å². The quantitative estimate of drug-likeness (QED) is 0.101. The third kappa shape index (κ3) is 13.2. The van der Waals surface area contributed by atoms with Crippen molar-refractivity contribution in [3.05, 3.63) is 11.6 Å². The van der Waals surface area contributed by atoms with Gasteiger partial charge in [-0.25, -0.2) is 4.79 Å². The molecule has 0 amide bonds. The second-order valence-electron chi connectivity index (χ2n) is 13.2. The molecule has 7 heteroatoms. The zero-order valence-electron chi connectivity index (χ0n) is 26.6. The molecule has 2 saturated heterocycles. The number of hydrogen-bond acceptors (Lipinski definition) is 7. The Hall–Kier alpha value is -1.28. The van der Waals surface area contributed by atoms with Crippen molar-refractivity contribution in [3.8, 4) is 0 Å². The first-order chi connectivity index (χ1) is 20.4. The molecule has 3 heterocycles. The molecule has 0 saturated carbocycles. The number of aliphatic hydroxyl groups is 2. The Bertz CT molecular complexity index is 811. The molecule has 7 nitrogen and oxygen atoms in total. The van der Waals surface area contributed by atoms with E-state index >= 15 is 0 Å². The molecule has 0 unspecified atom stereocenters. The van der Waals surface area contributed by atoms with Gasteiger partial charge in [-0.2, -0.15) is 0 Å². The van der Waals surface area contributed by atoms with Crippen molar-refractivity contribution in [2.45, 2.75) is 198 Å². The Kier molecular flexibility index (Phi) is 16.7. The Balaban J connectivity index is 1.19. The average Bonchev–Trinajstić information content (AvgIpc) is 3.58. The lowest BCUT2D eigenvalue weighted by molar-refractivity contribution is -0.140. The number of unbranched alkanes of at least 4 members (excludes halogenated alkanes) is 10. The van der Waals surface area contributed by atoms with E-state index in [9.17, 15) is 19.8 Å². The van der Waals surface area contributed by atoms with Gasteiger partial charge in [0, 0.05) is 24.8 Å². The molecule has 0 spiro atoms. The predicted molar refractivity (Wildman–Crippen MR) is 165 cm³/mol. The number of ether oxygens (including phenoxy) is 3. The van der Waals surface area contributed by atoms with Crippen molar-refractivity contribution < 1.29 is 34.0 Å². The molecule has 0 radical (unpaired) electrons. The highest BCUT2D eigenvalue weighted by Gasteiger charge is 2.34. The summed E-state index contributed by atoms with van der Waals surface area (Å²) in [6, 6.07) is 0. The number of aliphatic hydroxyl groups excluding tert-OH is 2. The van der Waals surface area contributed by atoms with Crippen LogP contribution in [0.15, 0.2) is 11.6 Å². The van der Waals surface area contributed by atoms with Crippen LogP contribution in [0.2, 0.25) is 0 Å². The summed E-state index contributed by atoms with van der Waals surface area (Å²) in [5, 5.41) is 21.3. The number of cyclic esters (lactones) is 1. The van der Waals surface area contributed by atoms with Gasteiger partial charge in [0.05, 0.1) is 36.6 Å². The predicted octanol–water partition coefficient (Wildman–Crippen LogP) is 7.29. The fourth-order valence-electron chi connectivity index (χ4n) is 6.81. The van der Waals surface area contributed by atoms with Crippen LogP contribution in [0.1, 0.15) is 155 Å². The van der Waals surface area contributed by atoms with E-state index in [1.54, 1.807) is 0 Å². The molecule has 3 aliphatic rings. The Labute approximate surface area is 255 Å². The number of Topliss-reactive ketones (excluding diaryl/α,β-unsaturated/α-hetero) is 1. The number of hydrogen-bond donors (Lipinski definition) is 2. The van der Waals surface area contributed by atoms with Gasteiger partial charge in [0.2, 0.25) is 0 Å². The largest absolute Gasteiger partial charge is 0.455 e.